The number of nitrogens with zero attached hydrogens (tertiary/aromatic N) is 3. The highest BCUT2D eigenvalue weighted by Gasteiger charge is 2.56. The fourth-order valence-electron chi connectivity index (χ4n) is 4.92. The fourth-order valence-corrected chi connectivity index (χ4v) is 4.92. The maximum Gasteiger partial charge on any atom is 0.237 e. The quantitative estimate of drug-likeness (QED) is 0.827. The Kier molecular flexibility index (Phi) is 5.45. The maximum absolute atomic E-state index is 13.1. The third-order valence-electron chi connectivity index (χ3n) is 6.38. The number of aromatic nitrogens is 1. The Morgan fingerprint density at radius 3 is 2.93 bits per heavy atom. The first-order valence-electron chi connectivity index (χ1n) is 9.82. The van der Waals surface area contributed by atoms with E-state index in [0.717, 1.165) is 12.0 Å². The third-order valence-corrected chi connectivity index (χ3v) is 6.38. The van der Waals surface area contributed by atoms with Crippen molar-refractivity contribution in [3.8, 4) is 0 Å². The van der Waals surface area contributed by atoms with Crippen LogP contribution in [0.25, 0.3) is 0 Å². The first-order valence-corrected chi connectivity index (χ1v) is 9.82. The van der Waals surface area contributed by atoms with Crippen LogP contribution in [0.2, 0.25) is 0 Å². The summed E-state index contributed by atoms with van der Waals surface area (Å²) in [5.74, 6) is 0.0584. The molecule has 4 atom stereocenters. The molecule has 27 heavy (non-hydrogen) atoms. The SMILES string of the molecule is CN(CC(=O)N1C[C@@H]2COCC[C@]2(O)[C@H]2COCC[C@H]21)Cc1ccncc1. The molecule has 1 aromatic heterocycles. The van der Waals surface area contributed by atoms with Crippen LogP contribution >= 0.6 is 0 Å². The van der Waals surface area contributed by atoms with E-state index in [9.17, 15) is 9.90 Å². The van der Waals surface area contributed by atoms with Gasteiger partial charge in [-0.25, -0.2) is 0 Å². The molecule has 0 saturated carbocycles. The zero-order chi connectivity index (χ0) is 18.9. The van der Waals surface area contributed by atoms with Crippen LogP contribution in [0.3, 0.4) is 0 Å². The molecule has 0 unspecified atom stereocenters. The highest BCUT2D eigenvalue weighted by molar-refractivity contribution is 5.79. The predicted octanol–water partition coefficient (Wildman–Crippen LogP) is 0.528. The highest BCUT2D eigenvalue weighted by atomic mass is 16.5. The van der Waals surface area contributed by atoms with Gasteiger partial charge in [0, 0.05) is 63.0 Å². The Morgan fingerprint density at radius 1 is 1.33 bits per heavy atom. The molecule has 0 spiro atoms. The van der Waals surface area contributed by atoms with Crippen molar-refractivity contribution in [3.63, 3.8) is 0 Å². The van der Waals surface area contributed by atoms with Gasteiger partial charge in [-0.1, -0.05) is 0 Å². The second kappa shape index (κ2) is 7.83. The molecule has 1 aromatic rings. The molecule has 3 aliphatic rings. The monoisotopic (exact) mass is 375 g/mol. The van der Waals surface area contributed by atoms with Gasteiger partial charge in [-0.3, -0.25) is 14.7 Å². The summed E-state index contributed by atoms with van der Waals surface area (Å²) < 4.78 is 11.3. The van der Waals surface area contributed by atoms with Crippen molar-refractivity contribution in [1.82, 2.24) is 14.8 Å². The second-order valence-corrected chi connectivity index (χ2v) is 8.12. The van der Waals surface area contributed by atoms with E-state index in [1.165, 1.54) is 0 Å². The molecule has 1 N–H and O–H groups in total. The van der Waals surface area contributed by atoms with Crippen LogP contribution in [0.4, 0.5) is 0 Å². The lowest BCUT2D eigenvalue weighted by molar-refractivity contribution is -0.219. The second-order valence-electron chi connectivity index (χ2n) is 8.12. The number of pyridine rings is 1. The first-order chi connectivity index (χ1) is 13.1. The van der Waals surface area contributed by atoms with E-state index in [1.807, 2.05) is 29.0 Å². The molecule has 0 radical (unpaired) electrons. The van der Waals surface area contributed by atoms with Gasteiger partial charge in [0.1, 0.15) is 0 Å². The van der Waals surface area contributed by atoms with Gasteiger partial charge in [-0.05, 0) is 31.2 Å². The fraction of sp³-hybridized carbons (Fsp3) is 0.700. The average molecular weight is 375 g/mol. The van der Waals surface area contributed by atoms with Gasteiger partial charge in [-0.15, -0.1) is 0 Å². The lowest BCUT2D eigenvalue weighted by atomic mass is 9.66. The summed E-state index contributed by atoms with van der Waals surface area (Å²) in [6.07, 6.45) is 4.96. The summed E-state index contributed by atoms with van der Waals surface area (Å²) in [5.41, 5.74) is 0.362. The molecule has 4 heterocycles. The number of rotatable bonds is 4. The molecule has 1 amide bonds. The van der Waals surface area contributed by atoms with E-state index in [2.05, 4.69) is 4.98 Å². The van der Waals surface area contributed by atoms with Crippen LogP contribution in [0.1, 0.15) is 18.4 Å². The molecule has 3 fully saturated rings. The van der Waals surface area contributed by atoms with E-state index < -0.39 is 5.60 Å². The predicted molar refractivity (Wildman–Crippen MR) is 98.9 cm³/mol. The Hall–Kier alpha value is -1.54. The van der Waals surface area contributed by atoms with Crippen LogP contribution in [-0.4, -0.2) is 84.0 Å². The number of fused-ring (bicyclic) bond motifs is 3. The van der Waals surface area contributed by atoms with E-state index in [0.29, 0.717) is 52.5 Å². The van der Waals surface area contributed by atoms with Gasteiger partial charge in [0.15, 0.2) is 0 Å². The number of carbonyl (C=O) groups is 1. The summed E-state index contributed by atoms with van der Waals surface area (Å²) in [7, 11) is 1.96. The molecule has 4 rings (SSSR count). The van der Waals surface area contributed by atoms with Gasteiger partial charge in [0.2, 0.25) is 5.91 Å². The van der Waals surface area contributed by atoms with Crippen LogP contribution in [-0.2, 0) is 20.8 Å². The van der Waals surface area contributed by atoms with Crippen LogP contribution in [0, 0.1) is 11.8 Å². The summed E-state index contributed by atoms with van der Waals surface area (Å²) in [4.78, 5) is 21.2. The summed E-state index contributed by atoms with van der Waals surface area (Å²) in [6.45, 7) is 3.90. The summed E-state index contributed by atoms with van der Waals surface area (Å²) in [6, 6.07) is 3.99. The topological polar surface area (TPSA) is 75.1 Å². The van der Waals surface area contributed by atoms with Crippen molar-refractivity contribution < 1.29 is 19.4 Å². The van der Waals surface area contributed by atoms with Crippen molar-refractivity contribution in [2.75, 3.05) is 46.6 Å². The number of ether oxygens (including phenoxy) is 2. The molecule has 0 bridgehead atoms. The number of likely N-dealkylation sites (N-methyl/N-ethyl adjacent to an activating group) is 1. The normalized spacial score (nSPS) is 33.4. The summed E-state index contributed by atoms with van der Waals surface area (Å²) >= 11 is 0. The van der Waals surface area contributed by atoms with Crippen molar-refractivity contribution in [2.24, 2.45) is 11.8 Å². The van der Waals surface area contributed by atoms with Crippen LogP contribution < -0.4 is 0 Å². The van der Waals surface area contributed by atoms with Crippen molar-refractivity contribution >= 4 is 5.91 Å². The third kappa shape index (κ3) is 3.74. The standard InChI is InChI=1S/C20H29N3O4/c1-22(10-15-2-6-21-7-3-15)12-19(24)23-11-16-13-27-9-5-20(16,25)17-14-26-8-4-18(17)23/h2-3,6-7,16-18,25H,4-5,8-14H2,1H3/t16-,17+,18-,20-/m1/s1. The van der Waals surface area contributed by atoms with E-state index in [4.69, 9.17) is 9.47 Å². The molecule has 3 aliphatic heterocycles. The molecule has 7 heteroatoms. The summed E-state index contributed by atoms with van der Waals surface area (Å²) in [5, 5.41) is 11.3. The Morgan fingerprint density at radius 2 is 2.11 bits per heavy atom. The minimum Gasteiger partial charge on any atom is -0.389 e. The zero-order valence-electron chi connectivity index (χ0n) is 15.9. The number of hydrogen-bond donors (Lipinski definition) is 1. The van der Waals surface area contributed by atoms with Crippen LogP contribution in [0.5, 0.6) is 0 Å². The number of hydrogen-bond acceptors (Lipinski definition) is 6. The number of piperidine rings is 1. The van der Waals surface area contributed by atoms with E-state index in [-0.39, 0.29) is 23.8 Å². The van der Waals surface area contributed by atoms with Gasteiger partial charge >= 0.3 is 0 Å². The Labute approximate surface area is 160 Å². The first kappa shape index (κ1) is 18.8. The van der Waals surface area contributed by atoms with E-state index >= 15 is 0 Å². The maximum atomic E-state index is 13.1. The lowest BCUT2D eigenvalue weighted by Crippen LogP contribution is -2.69. The molecule has 0 aromatic carbocycles. The number of likely N-dealkylation sites (tertiary alicyclic amines) is 1. The Bertz CT molecular complexity index is 658. The minimum atomic E-state index is -0.775. The van der Waals surface area contributed by atoms with E-state index in [1.54, 1.807) is 12.4 Å². The van der Waals surface area contributed by atoms with Gasteiger partial charge in [-0.2, -0.15) is 0 Å². The highest BCUT2D eigenvalue weighted by Crippen LogP contribution is 2.44. The van der Waals surface area contributed by atoms with Crippen molar-refractivity contribution in [3.05, 3.63) is 30.1 Å². The van der Waals surface area contributed by atoms with Gasteiger partial charge in [0.25, 0.3) is 0 Å². The number of aliphatic hydroxyl groups is 1. The number of amides is 1. The number of carbonyl (C=O) groups excluding carboxylic acids is 1. The molecule has 148 valence electrons. The van der Waals surface area contributed by atoms with Crippen molar-refractivity contribution in [1.29, 1.82) is 0 Å². The molecule has 0 aliphatic carbocycles. The van der Waals surface area contributed by atoms with Crippen molar-refractivity contribution in [2.45, 2.75) is 31.0 Å². The largest absolute Gasteiger partial charge is 0.389 e. The molecule has 7 nitrogen and oxygen atoms in total. The lowest BCUT2D eigenvalue weighted by Gasteiger charge is -2.57. The molecular formula is C20H29N3O4. The molecule has 3 saturated heterocycles. The van der Waals surface area contributed by atoms with Gasteiger partial charge in [0.05, 0.1) is 25.4 Å². The average Bonchev–Trinajstić information content (AvgIpc) is 2.68. The Balaban J connectivity index is 1.46. The van der Waals surface area contributed by atoms with Gasteiger partial charge < -0.3 is 19.5 Å². The minimum absolute atomic E-state index is 0.0247. The van der Waals surface area contributed by atoms with Crippen LogP contribution in [0.15, 0.2) is 24.5 Å². The smallest absolute Gasteiger partial charge is 0.237 e. The zero-order valence-corrected chi connectivity index (χ0v) is 15.9. The molecular weight excluding hydrogens is 346 g/mol.